The molecule has 21 heavy (non-hydrogen) atoms. The van der Waals surface area contributed by atoms with Crippen LogP contribution in [-0.4, -0.2) is 26.7 Å². The van der Waals surface area contributed by atoms with Crippen molar-refractivity contribution < 1.29 is 0 Å². The number of aromatic nitrogens is 4. The van der Waals surface area contributed by atoms with Crippen molar-refractivity contribution in [1.82, 2.24) is 20.2 Å². The maximum atomic E-state index is 4.68. The third-order valence-corrected chi connectivity index (χ3v) is 3.51. The molecule has 3 rings (SSSR count). The molecule has 110 valence electrons. The lowest BCUT2D eigenvalue weighted by Gasteiger charge is -2.14. The van der Waals surface area contributed by atoms with Crippen molar-refractivity contribution >= 4 is 11.6 Å². The molecule has 0 amide bonds. The minimum atomic E-state index is 0.528. The maximum Gasteiger partial charge on any atom is 0.136 e. The molecule has 6 nitrogen and oxygen atoms in total. The highest BCUT2D eigenvalue weighted by atomic mass is 15.1. The Kier molecular flexibility index (Phi) is 3.94. The zero-order valence-corrected chi connectivity index (χ0v) is 12.4. The van der Waals surface area contributed by atoms with E-state index in [0.717, 1.165) is 35.3 Å². The summed E-state index contributed by atoms with van der Waals surface area (Å²) < 4.78 is 0. The molecule has 2 aromatic heterocycles. The van der Waals surface area contributed by atoms with E-state index in [2.05, 4.69) is 37.7 Å². The van der Waals surface area contributed by atoms with E-state index in [0.29, 0.717) is 12.5 Å². The Hall–Kier alpha value is -2.24. The van der Waals surface area contributed by atoms with E-state index in [9.17, 15) is 0 Å². The predicted octanol–water partition coefficient (Wildman–Crippen LogP) is 2.50. The lowest BCUT2D eigenvalue weighted by molar-refractivity contribution is 0.889. The second-order valence-corrected chi connectivity index (χ2v) is 5.28. The number of rotatable bonds is 6. The first-order valence-corrected chi connectivity index (χ1v) is 7.40. The van der Waals surface area contributed by atoms with Gasteiger partial charge in [-0.15, -0.1) is 0 Å². The van der Waals surface area contributed by atoms with Crippen molar-refractivity contribution in [2.24, 2.45) is 0 Å². The third-order valence-electron chi connectivity index (χ3n) is 3.51. The predicted molar refractivity (Wildman–Crippen MR) is 82.3 cm³/mol. The lowest BCUT2D eigenvalue weighted by Crippen LogP contribution is -2.11. The Morgan fingerprint density at radius 2 is 1.95 bits per heavy atom. The largest absolute Gasteiger partial charge is 0.370 e. The molecule has 0 aliphatic heterocycles. The molecular formula is C15H20N6. The van der Waals surface area contributed by atoms with Gasteiger partial charge in [0.15, 0.2) is 0 Å². The average molecular weight is 284 g/mol. The van der Waals surface area contributed by atoms with Gasteiger partial charge in [-0.3, -0.25) is 0 Å². The summed E-state index contributed by atoms with van der Waals surface area (Å²) in [6, 6.07) is 3.83. The van der Waals surface area contributed by atoms with E-state index < -0.39 is 0 Å². The first-order chi connectivity index (χ1) is 10.3. The highest BCUT2D eigenvalue weighted by Gasteiger charge is 2.28. The van der Waals surface area contributed by atoms with Crippen LogP contribution in [0.2, 0.25) is 0 Å². The molecule has 2 N–H and O–H groups in total. The van der Waals surface area contributed by atoms with Gasteiger partial charge in [-0.05, 0) is 38.8 Å². The topological polar surface area (TPSA) is 75.6 Å². The minimum absolute atomic E-state index is 0.528. The fraction of sp³-hybridized carbons (Fsp3) is 0.467. The highest BCUT2D eigenvalue weighted by Crippen LogP contribution is 2.39. The van der Waals surface area contributed by atoms with Gasteiger partial charge in [-0.2, -0.15) is 10.2 Å². The van der Waals surface area contributed by atoms with Crippen LogP contribution in [0.3, 0.4) is 0 Å². The van der Waals surface area contributed by atoms with Crippen LogP contribution in [0.1, 0.15) is 42.8 Å². The standard InChI is InChI=1S/C15H20N6/c1-3-16-13-10(2)14(20-15(19-13)11-6-7-11)17-9-12-5-4-8-18-21-12/h4-5,8,11H,3,6-7,9H2,1-2H3,(H2,16,17,19,20). The molecule has 1 aliphatic carbocycles. The van der Waals surface area contributed by atoms with E-state index in [-0.39, 0.29) is 0 Å². The number of hydrogen-bond donors (Lipinski definition) is 2. The van der Waals surface area contributed by atoms with Crippen molar-refractivity contribution in [3.8, 4) is 0 Å². The zero-order valence-electron chi connectivity index (χ0n) is 12.4. The van der Waals surface area contributed by atoms with E-state index in [4.69, 9.17) is 0 Å². The third kappa shape index (κ3) is 3.26. The van der Waals surface area contributed by atoms with Crippen molar-refractivity contribution in [3.63, 3.8) is 0 Å². The van der Waals surface area contributed by atoms with Crippen LogP contribution < -0.4 is 10.6 Å². The summed E-state index contributed by atoms with van der Waals surface area (Å²) in [7, 11) is 0. The summed E-state index contributed by atoms with van der Waals surface area (Å²) in [6.07, 6.45) is 4.06. The van der Waals surface area contributed by atoms with Crippen LogP contribution in [-0.2, 0) is 6.54 Å². The van der Waals surface area contributed by atoms with Crippen molar-refractivity contribution in [1.29, 1.82) is 0 Å². The summed E-state index contributed by atoms with van der Waals surface area (Å²) >= 11 is 0. The quantitative estimate of drug-likeness (QED) is 0.849. The van der Waals surface area contributed by atoms with Crippen LogP contribution in [0, 0.1) is 6.92 Å². The monoisotopic (exact) mass is 284 g/mol. The fourth-order valence-electron chi connectivity index (χ4n) is 2.17. The molecule has 0 atom stereocenters. The second kappa shape index (κ2) is 6.03. The Bertz CT molecular complexity index is 609. The Morgan fingerprint density at radius 1 is 1.19 bits per heavy atom. The van der Waals surface area contributed by atoms with Gasteiger partial charge < -0.3 is 10.6 Å². The van der Waals surface area contributed by atoms with Gasteiger partial charge in [0, 0.05) is 24.2 Å². The Balaban J connectivity index is 1.82. The molecule has 0 radical (unpaired) electrons. The molecule has 1 fully saturated rings. The van der Waals surface area contributed by atoms with Gasteiger partial charge in [0.2, 0.25) is 0 Å². The van der Waals surface area contributed by atoms with Gasteiger partial charge in [-0.25, -0.2) is 9.97 Å². The summed E-state index contributed by atoms with van der Waals surface area (Å²) in [6.45, 7) is 5.58. The van der Waals surface area contributed by atoms with Crippen molar-refractivity contribution in [2.45, 2.75) is 39.2 Å². The molecule has 1 saturated carbocycles. The van der Waals surface area contributed by atoms with E-state index in [1.165, 1.54) is 12.8 Å². The summed E-state index contributed by atoms with van der Waals surface area (Å²) in [5.74, 6) is 3.28. The number of anilines is 2. The Labute approximate surface area is 124 Å². The SMILES string of the molecule is CCNc1nc(C2CC2)nc(NCc2cccnn2)c1C. The van der Waals surface area contributed by atoms with E-state index in [1.54, 1.807) is 6.20 Å². The fourth-order valence-corrected chi connectivity index (χ4v) is 2.17. The molecule has 0 unspecified atom stereocenters. The molecule has 6 heteroatoms. The van der Waals surface area contributed by atoms with Gasteiger partial charge >= 0.3 is 0 Å². The molecule has 2 aromatic rings. The van der Waals surface area contributed by atoms with E-state index >= 15 is 0 Å². The minimum Gasteiger partial charge on any atom is -0.370 e. The van der Waals surface area contributed by atoms with Crippen LogP contribution in [0.4, 0.5) is 11.6 Å². The molecule has 1 aliphatic rings. The average Bonchev–Trinajstić information content (AvgIpc) is 3.34. The number of hydrogen-bond acceptors (Lipinski definition) is 6. The van der Waals surface area contributed by atoms with Crippen LogP contribution in [0.15, 0.2) is 18.3 Å². The normalized spacial score (nSPS) is 14.0. The van der Waals surface area contributed by atoms with E-state index in [1.807, 2.05) is 19.1 Å². The van der Waals surface area contributed by atoms with Gasteiger partial charge in [0.1, 0.15) is 17.5 Å². The second-order valence-electron chi connectivity index (χ2n) is 5.28. The zero-order chi connectivity index (χ0) is 14.7. The molecule has 0 saturated heterocycles. The number of nitrogens with zero attached hydrogens (tertiary/aromatic N) is 4. The summed E-state index contributed by atoms with van der Waals surface area (Å²) in [5, 5.41) is 14.6. The molecule has 0 aromatic carbocycles. The van der Waals surface area contributed by atoms with Crippen LogP contribution in [0.25, 0.3) is 0 Å². The summed E-state index contributed by atoms with van der Waals surface area (Å²) in [4.78, 5) is 9.33. The number of nitrogens with one attached hydrogen (secondary N) is 2. The van der Waals surface area contributed by atoms with Crippen molar-refractivity contribution in [3.05, 3.63) is 35.4 Å². The molecule has 0 bridgehead atoms. The van der Waals surface area contributed by atoms with Gasteiger partial charge in [0.05, 0.1) is 12.2 Å². The lowest BCUT2D eigenvalue weighted by atomic mass is 10.2. The van der Waals surface area contributed by atoms with Crippen molar-refractivity contribution in [2.75, 3.05) is 17.2 Å². The smallest absolute Gasteiger partial charge is 0.136 e. The maximum absolute atomic E-state index is 4.68. The van der Waals surface area contributed by atoms with Crippen LogP contribution >= 0.6 is 0 Å². The molecule has 0 spiro atoms. The Morgan fingerprint density at radius 3 is 2.57 bits per heavy atom. The van der Waals surface area contributed by atoms with Gasteiger partial charge in [-0.1, -0.05) is 0 Å². The van der Waals surface area contributed by atoms with Crippen LogP contribution in [0.5, 0.6) is 0 Å². The first-order valence-electron chi connectivity index (χ1n) is 7.40. The van der Waals surface area contributed by atoms with Gasteiger partial charge in [0.25, 0.3) is 0 Å². The summed E-state index contributed by atoms with van der Waals surface area (Å²) in [5.41, 5.74) is 1.94. The molecular weight excluding hydrogens is 264 g/mol. The highest BCUT2D eigenvalue weighted by molar-refractivity contribution is 5.57. The molecule has 2 heterocycles. The first kappa shape index (κ1) is 13.7.